The first-order valence-electron chi connectivity index (χ1n) is 8.67. The van der Waals surface area contributed by atoms with Crippen molar-refractivity contribution >= 4 is 28.7 Å². The van der Waals surface area contributed by atoms with Gasteiger partial charge in [-0.1, -0.05) is 6.07 Å². The minimum Gasteiger partial charge on any atom is -0.503 e. The lowest BCUT2D eigenvalue weighted by molar-refractivity contribution is -0.857. The molecule has 2 aromatic rings. The Kier molecular flexibility index (Phi) is 5.57. The highest BCUT2D eigenvalue weighted by atomic mass is 32.1. The summed E-state index contributed by atoms with van der Waals surface area (Å²) in [5.74, 6) is -1.58. The first kappa shape index (κ1) is 19.7. The normalized spacial score (nSPS) is 16.9. The number of thiophene rings is 1. The van der Waals surface area contributed by atoms with Gasteiger partial charge in [0.25, 0.3) is 11.6 Å². The topological polar surface area (TPSA) is 105 Å². The van der Waals surface area contributed by atoms with Gasteiger partial charge < -0.3 is 14.9 Å². The molecule has 9 heteroatoms. The van der Waals surface area contributed by atoms with E-state index in [-0.39, 0.29) is 11.3 Å². The van der Waals surface area contributed by atoms with Gasteiger partial charge in [0.2, 0.25) is 5.78 Å². The van der Waals surface area contributed by atoms with Crippen molar-refractivity contribution < 1.29 is 24.5 Å². The van der Waals surface area contributed by atoms with Crippen LogP contribution in [0.3, 0.4) is 0 Å². The van der Waals surface area contributed by atoms with Gasteiger partial charge in [-0.05, 0) is 29.1 Å². The monoisotopic (exact) mass is 402 g/mol. The number of carbonyl (C=O) groups excluding carboxylic acids is 2. The Morgan fingerprint density at radius 3 is 2.50 bits per heavy atom. The zero-order valence-electron chi connectivity index (χ0n) is 15.4. The number of benzene rings is 1. The molecule has 0 fully saturated rings. The van der Waals surface area contributed by atoms with Crippen LogP contribution in [0.5, 0.6) is 0 Å². The molecule has 1 aliphatic rings. The number of rotatable bonds is 7. The molecule has 0 radical (unpaired) electrons. The van der Waals surface area contributed by atoms with Gasteiger partial charge in [0.1, 0.15) is 0 Å². The van der Waals surface area contributed by atoms with Gasteiger partial charge in [-0.25, -0.2) is 0 Å². The Morgan fingerprint density at radius 1 is 1.29 bits per heavy atom. The van der Waals surface area contributed by atoms with Crippen LogP contribution >= 0.6 is 11.3 Å². The molecule has 0 saturated heterocycles. The Hall–Kier alpha value is -3.04. The van der Waals surface area contributed by atoms with Crippen LogP contribution in [0.15, 0.2) is 53.1 Å². The number of nitro benzene ring substituents is 1. The lowest BCUT2D eigenvalue weighted by atomic mass is 9.95. The van der Waals surface area contributed by atoms with Crippen molar-refractivity contribution in [1.29, 1.82) is 0 Å². The lowest BCUT2D eigenvalue weighted by Gasteiger charge is -2.27. The van der Waals surface area contributed by atoms with E-state index in [1.165, 1.54) is 40.5 Å². The molecule has 2 N–H and O–H groups in total. The van der Waals surface area contributed by atoms with Gasteiger partial charge in [0.05, 0.1) is 48.6 Å². The van der Waals surface area contributed by atoms with E-state index in [9.17, 15) is 24.8 Å². The number of hydrogen-bond acceptors (Lipinski definition) is 6. The molecule has 0 unspecified atom stereocenters. The van der Waals surface area contributed by atoms with Gasteiger partial charge in [-0.15, -0.1) is 11.3 Å². The molecule has 8 nitrogen and oxygen atoms in total. The number of nitrogens with one attached hydrogen (secondary N) is 1. The molecule has 1 atom stereocenters. The van der Waals surface area contributed by atoms with Gasteiger partial charge in [-0.3, -0.25) is 19.7 Å². The standard InChI is InChI=1S/C19H19N3O5S/c1-20(2)9-10-21-16(12-5-7-13(8-6-12)22(26)27)15(18(24)19(21)25)17(23)14-4-3-11-28-14/h3-8,11,16,24H,9-10H2,1-2H3/p+1/t16-/m0/s1. The van der Waals surface area contributed by atoms with E-state index in [1.807, 2.05) is 14.1 Å². The van der Waals surface area contributed by atoms with Crippen molar-refractivity contribution in [2.45, 2.75) is 6.04 Å². The quantitative estimate of drug-likeness (QED) is 0.414. The smallest absolute Gasteiger partial charge is 0.290 e. The fourth-order valence-corrected chi connectivity index (χ4v) is 3.80. The predicted molar refractivity (Wildman–Crippen MR) is 104 cm³/mol. The highest BCUT2D eigenvalue weighted by molar-refractivity contribution is 7.12. The Labute approximate surface area is 165 Å². The molecule has 28 heavy (non-hydrogen) atoms. The number of likely N-dealkylation sites (N-methyl/N-ethyl adjacent to an activating group) is 1. The van der Waals surface area contributed by atoms with Crippen molar-refractivity contribution in [3.8, 4) is 0 Å². The molecule has 0 aliphatic carbocycles. The molecule has 0 saturated carbocycles. The van der Waals surface area contributed by atoms with Crippen LogP contribution in [-0.2, 0) is 4.79 Å². The number of quaternary nitrogens is 1. The zero-order chi connectivity index (χ0) is 20.4. The van der Waals surface area contributed by atoms with Crippen LogP contribution in [0, 0.1) is 10.1 Å². The number of aliphatic hydroxyl groups is 1. The van der Waals surface area contributed by atoms with Crippen LogP contribution in [-0.4, -0.2) is 53.8 Å². The van der Waals surface area contributed by atoms with Crippen LogP contribution in [0.1, 0.15) is 21.3 Å². The summed E-state index contributed by atoms with van der Waals surface area (Å²) < 4.78 is 0. The largest absolute Gasteiger partial charge is 0.503 e. The number of amides is 1. The number of Topliss-reactive ketones (excluding diaryl/α,β-unsaturated/α-hetero) is 1. The van der Waals surface area contributed by atoms with Crippen molar-refractivity contribution in [2.24, 2.45) is 0 Å². The minimum absolute atomic E-state index is 0.00931. The molecule has 0 bridgehead atoms. The number of nitrogens with zero attached hydrogens (tertiary/aromatic N) is 2. The highest BCUT2D eigenvalue weighted by Gasteiger charge is 2.44. The van der Waals surface area contributed by atoms with E-state index >= 15 is 0 Å². The summed E-state index contributed by atoms with van der Waals surface area (Å²) >= 11 is 1.23. The third-order valence-corrected chi connectivity index (χ3v) is 5.43. The summed E-state index contributed by atoms with van der Waals surface area (Å²) in [5, 5.41) is 23.2. The molecule has 146 valence electrons. The summed E-state index contributed by atoms with van der Waals surface area (Å²) in [6.07, 6.45) is 0. The van der Waals surface area contributed by atoms with Crippen molar-refractivity contribution in [1.82, 2.24) is 4.90 Å². The van der Waals surface area contributed by atoms with Crippen molar-refractivity contribution in [2.75, 3.05) is 27.2 Å². The molecule has 1 aromatic heterocycles. The summed E-state index contributed by atoms with van der Waals surface area (Å²) in [6.45, 7) is 0.942. The lowest BCUT2D eigenvalue weighted by Crippen LogP contribution is -3.06. The van der Waals surface area contributed by atoms with E-state index in [1.54, 1.807) is 17.5 Å². The minimum atomic E-state index is -0.790. The van der Waals surface area contributed by atoms with Gasteiger partial charge in [0, 0.05) is 12.1 Å². The Balaban J connectivity index is 2.05. The first-order chi connectivity index (χ1) is 13.3. The molecule has 1 amide bonds. The van der Waals surface area contributed by atoms with E-state index in [0.717, 1.165) is 4.90 Å². The summed E-state index contributed by atoms with van der Waals surface area (Å²) in [5.41, 5.74) is 0.461. The van der Waals surface area contributed by atoms with Crippen molar-refractivity contribution in [3.63, 3.8) is 0 Å². The number of non-ortho nitro benzene ring substituents is 1. The number of carbonyl (C=O) groups is 2. The van der Waals surface area contributed by atoms with E-state index in [2.05, 4.69) is 0 Å². The van der Waals surface area contributed by atoms with Crippen LogP contribution < -0.4 is 4.90 Å². The van der Waals surface area contributed by atoms with E-state index < -0.39 is 28.4 Å². The molecular formula is C19H20N3O5S+. The molecular weight excluding hydrogens is 382 g/mol. The first-order valence-corrected chi connectivity index (χ1v) is 9.55. The number of hydrogen-bond donors (Lipinski definition) is 2. The number of aliphatic hydroxyl groups excluding tert-OH is 1. The predicted octanol–water partition coefficient (Wildman–Crippen LogP) is 1.38. The maximum Gasteiger partial charge on any atom is 0.290 e. The maximum absolute atomic E-state index is 13.0. The molecule has 1 aliphatic heterocycles. The maximum atomic E-state index is 13.0. The average molecular weight is 402 g/mol. The van der Waals surface area contributed by atoms with Crippen LogP contribution in [0.25, 0.3) is 0 Å². The molecule has 3 rings (SSSR count). The fourth-order valence-electron chi connectivity index (χ4n) is 3.13. The van der Waals surface area contributed by atoms with Crippen LogP contribution in [0.2, 0.25) is 0 Å². The van der Waals surface area contributed by atoms with Gasteiger partial charge >= 0.3 is 0 Å². The number of nitro groups is 1. The van der Waals surface area contributed by atoms with Crippen LogP contribution in [0.4, 0.5) is 5.69 Å². The number of ketones is 1. The van der Waals surface area contributed by atoms with Crippen molar-refractivity contribution in [3.05, 3.63) is 73.7 Å². The molecule has 0 spiro atoms. The second kappa shape index (κ2) is 7.91. The SMILES string of the molecule is C[NH+](C)CCN1C(=O)C(O)=C(C(=O)c2cccs2)[C@@H]1c1ccc([N+](=O)[O-])cc1. The van der Waals surface area contributed by atoms with Gasteiger partial charge in [0.15, 0.2) is 5.76 Å². The zero-order valence-corrected chi connectivity index (χ0v) is 16.2. The Bertz CT molecular complexity index is 935. The van der Waals surface area contributed by atoms with E-state index in [4.69, 9.17) is 0 Å². The van der Waals surface area contributed by atoms with Gasteiger partial charge in [-0.2, -0.15) is 0 Å². The third kappa shape index (κ3) is 3.67. The summed E-state index contributed by atoms with van der Waals surface area (Å²) in [6, 6.07) is 8.27. The molecule has 1 aromatic carbocycles. The fraction of sp³-hybridized carbons (Fsp3) is 0.263. The summed E-state index contributed by atoms with van der Waals surface area (Å²) in [4.78, 5) is 39.1. The second-order valence-corrected chi connectivity index (χ2v) is 7.72. The second-order valence-electron chi connectivity index (χ2n) is 6.78. The average Bonchev–Trinajstić information content (AvgIpc) is 3.28. The van der Waals surface area contributed by atoms with E-state index in [0.29, 0.717) is 23.5 Å². The highest BCUT2D eigenvalue weighted by Crippen LogP contribution is 2.39. The Morgan fingerprint density at radius 2 is 1.96 bits per heavy atom. The summed E-state index contributed by atoms with van der Waals surface area (Å²) in [7, 11) is 3.87. The third-order valence-electron chi connectivity index (χ3n) is 4.57. The molecule has 2 heterocycles.